The van der Waals surface area contributed by atoms with E-state index < -0.39 is 26.2 Å². The van der Waals surface area contributed by atoms with Crippen LogP contribution in [-0.4, -0.2) is 39.4 Å². The third-order valence-corrected chi connectivity index (χ3v) is 7.66. The van der Waals surface area contributed by atoms with E-state index in [0.717, 1.165) is 19.3 Å². The second-order valence-electron chi connectivity index (χ2n) is 7.02. The van der Waals surface area contributed by atoms with Crippen LogP contribution in [0.4, 0.5) is 5.69 Å². The van der Waals surface area contributed by atoms with E-state index in [4.69, 9.17) is 0 Å². The summed E-state index contributed by atoms with van der Waals surface area (Å²) in [5.74, 6) is -0.751. The van der Waals surface area contributed by atoms with E-state index in [1.165, 1.54) is 6.33 Å². The molecule has 8 heteroatoms. The van der Waals surface area contributed by atoms with Gasteiger partial charge in [-0.3, -0.25) is 9.20 Å². The molecule has 2 heterocycles. The first kappa shape index (κ1) is 17.8. The molecule has 0 aromatic carbocycles. The predicted octanol–water partition coefficient (Wildman–Crippen LogP) is 2.44. The van der Waals surface area contributed by atoms with Crippen LogP contribution in [0.5, 0.6) is 0 Å². The van der Waals surface area contributed by atoms with Crippen molar-refractivity contribution in [2.45, 2.75) is 56.5 Å². The fourth-order valence-electron chi connectivity index (χ4n) is 3.55. The maximum atomic E-state index is 13.0. The van der Waals surface area contributed by atoms with Gasteiger partial charge >= 0.3 is 0 Å². The van der Waals surface area contributed by atoms with Gasteiger partial charge in [-0.2, -0.15) is 0 Å². The summed E-state index contributed by atoms with van der Waals surface area (Å²) in [5, 5.41) is 9.01. The normalized spacial score (nSPS) is 17.7. The summed E-state index contributed by atoms with van der Waals surface area (Å²) >= 11 is 0. The summed E-state index contributed by atoms with van der Waals surface area (Å²) in [6.07, 6.45) is 7.43. The highest BCUT2D eigenvalue weighted by Crippen LogP contribution is 2.29. The molecule has 0 bridgehead atoms. The van der Waals surface area contributed by atoms with E-state index in [1.54, 1.807) is 36.6 Å². The highest BCUT2D eigenvalue weighted by molar-refractivity contribution is 7.93. The van der Waals surface area contributed by atoms with Gasteiger partial charge in [0.05, 0.1) is 10.9 Å². The minimum Gasteiger partial charge on any atom is -0.324 e. The Morgan fingerprint density at radius 2 is 1.96 bits per heavy atom. The SMILES string of the molecule is CC(C)C(C(=O)Nc1ccc2nncn2c1)S(=O)(=O)C1CCCCC1. The minimum absolute atomic E-state index is 0.287. The number of amides is 1. The van der Waals surface area contributed by atoms with Crippen molar-refractivity contribution >= 4 is 27.1 Å². The highest BCUT2D eigenvalue weighted by Gasteiger charge is 2.41. The zero-order chi connectivity index (χ0) is 18.0. The van der Waals surface area contributed by atoms with Gasteiger partial charge in [0.25, 0.3) is 0 Å². The maximum Gasteiger partial charge on any atom is 0.243 e. The molecule has 25 heavy (non-hydrogen) atoms. The Morgan fingerprint density at radius 1 is 1.24 bits per heavy atom. The van der Waals surface area contributed by atoms with Crippen molar-refractivity contribution in [2.24, 2.45) is 5.92 Å². The number of sulfone groups is 1. The Morgan fingerprint density at radius 3 is 2.64 bits per heavy atom. The lowest BCUT2D eigenvalue weighted by Gasteiger charge is -2.28. The molecule has 136 valence electrons. The smallest absolute Gasteiger partial charge is 0.243 e. The van der Waals surface area contributed by atoms with Gasteiger partial charge in [0.15, 0.2) is 15.5 Å². The van der Waals surface area contributed by atoms with Crippen molar-refractivity contribution in [3.63, 3.8) is 0 Å². The fourth-order valence-corrected chi connectivity index (χ4v) is 6.07. The van der Waals surface area contributed by atoms with E-state index in [2.05, 4.69) is 15.5 Å². The van der Waals surface area contributed by atoms with Crippen molar-refractivity contribution in [3.05, 3.63) is 24.7 Å². The van der Waals surface area contributed by atoms with Crippen LogP contribution in [0.1, 0.15) is 46.0 Å². The zero-order valence-electron chi connectivity index (χ0n) is 14.6. The van der Waals surface area contributed by atoms with Crippen LogP contribution >= 0.6 is 0 Å². The van der Waals surface area contributed by atoms with Crippen LogP contribution in [0.3, 0.4) is 0 Å². The number of carbonyl (C=O) groups is 1. The van der Waals surface area contributed by atoms with Gasteiger partial charge in [0.1, 0.15) is 11.6 Å². The van der Waals surface area contributed by atoms with Crippen LogP contribution < -0.4 is 5.32 Å². The Bertz CT molecular complexity index is 854. The van der Waals surface area contributed by atoms with Gasteiger partial charge in [0, 0.05) is 6.20 Å². The van der Waals surface area contributed by atoms with Gasteiger partial charge in [-0.15, -0.1) is 10.2 Å². The number of hydrogen-bond acceptors (Lipinski definition) is 5. The Balaban J connectivity index is 1.82. The molecule has 1 fully saturated rings. The molecule has 1 atom stereocenters. The third kappa shape index (κ3) is 3.68. The summed E-state index contributed by atoms with van der Waals surface area (Å²) < 4.78 is 27.8. The molecule has 0 spiro atoms. The lowest BCUT2D eigenvalue weighted by Crippen LogP contribution is -2.44. The Kier molecular flexibility index (Phi) is 5.08. The summed E-state index contributed by atoms with van der Waals surface area (Å²) in [4.78, 5) is 12.8. The molecule has 0 aliphatic heterocycles. The van der Waals surface area contributed by atoms with Crippen molar-refractivity contribution < 1.29 is 13.2 Å². The van der Waals surface area contributed by atoms with E-state index >= 15 is 0 Å². The number of nitrogens with one attached hydrogen (secondary N) is 1. The number of rotatable bonds is 5. The van der Waals surface area contributed by atoms with Gasteiger partial charge in [-0.1, -0.05) is 33.1 Å². The lowest BCUT2D eigenvalue weighted by atomic mass is 10.0. The van der Waals surface area contributed by atoms with Crippen molar-refractivity contribution in [1.82, 2.24) is 14.6 Å². The molecule has 2 aromatic heterocycles. The maximum absolute atomic E-state index is 13.0. The Labute approximate surface area is 147 Å². The molecule has 0 saturated heterocycles. The first-order chi connectivity index (χ1) is 11.9. The van der Waals surface area contributed by atoms with Crippen LogP contribution in [-0.2, 0) is 14.6 Å². The molecule has 1 N–H and O–H groups in total. The highest BCUT2D eigenvalue weighted by atomic mass is 32.2. The molecule has 1 aliphatic carbocycles. The molecule has 0 radical (unpaired) electrons. The summed E-state index contributed by atoms with van der Waals surface area (Å²) in [6.45, 7) is 3.57. The van der Waals surface area contributed by atoms with E-state index in [0.29, 0.717) is 24.2 Å². The standard InChI is InChI=1S/C17H24N4O3S/c1-12(2)16(25(23,24)14-6-4-3-5-7-14)17(22)19-13-8-9-15-20-18-11-21(15)10-13/h8-12,14,16H,3-7H2,1-2H3,(H,19,22). The predicted molar refractivity (Wildman–Crippen MR) is 96.0 cm³/mol. The van der Waals surface area contributed by atoms with Crippen LogP contribution in [0.25, 0.3) is 5.65 Å². The molecule has 1 unspecified atom stereocenters. The molecule has 1 amide bonds. The zero-order valence-corrected chi connectivity index (χ0v) is 15.4. The number of anilines is 1. The number of carbonyl (C=O) groups excluding carboxylic acids is 1. The molecule has 2 aromatic rings. The Hall–Kier alpha value is -1.96. The summed E-state index contributed by atoms with van der Waals surface area (Å²) in [5.41, 5.74) is 1.19. The first-order valence-electron chi connectivity index (χ1n) is 8.72. The quantitative estimate of drug-likeness (QED) is 0.879. The lowest BCUT2D eigenvalue weighted by molar-refractivity contribution is -0.116. The van der Waals surface area contributed by atoms with Crippen LogP contribution in [0.2, 0.25) is 0 Å². The largest absolute Gasteiger partial charge is 0.324 e. The number of nitrogens with zero attached hydrogens (tertiary/aromatic N) is 3. The van der Waals surface area contributed by atoms with Gasteiger partial charge < -0.3 is 5.32 Å². The summed E-state index contributed by atoms with van der Waals surface area (Å²) in [7, 11) is -3.52. The molecule has 3 rings (SSSR count). The van der Waals surface area contributed by atoms with E-state index in [9.17, 15) is 13.2 Å². The topological polar surface area (TPSA) is 93.4 Å². The summed E-state index contributed by atoms with van der Waals surface area (Å²) in [6, 6.07) is 3.43. The number of fused-ring (bicyclic) bond motifs is 1. The minimum atomic E-state index is -3.52. The van der Waals surface area contributed by atoms with Gasteiger partial charge in [-0.25, -0.2) is 8.42 Å². The van der Waals surface area contributed by atoms with E-state index in [1.807, 2.05) is 0 Å². The van der Waals surface area contributed by atoms with Crippen LogP contribution in [0.15, 0.2) is 24.7 Å². The first-order valence-corrected chi connectivity index (χ1v) is 10.3. The van der Waals surface area contributed by atoms with Crippen LogP contribution in [0, 0.1) is 5.92 Å². The molecule has 7 nitrogen and oxygen atoms in total. The molecular formula is C17H24N4O3S. The van der Waals surface area contributed by atoms with E-state index in [-0.39, 0.29) is 5.92 Å². The monoisotopic (exact) mass is 364 g/mol. The van der Waals surface area contributed by atoms with Crippen molar-refractivity contribution in [3.8, 4) is 0 Å². The number of aromatic nitrogens is 3. The fraction of sp³-hybridized carbons (Fsp3) is 0.588. The molecule has 1 aliphatic rings. The molecule has 1 saturated carbocycles. The third-order valence-electron chi connectivity index (χ3n) is 4.79. The molecular weight excluding hydrogens is 340 g/mol. The second kappa shape index (κ2) is 7.11. The van der Waals surface area contributed by atoms with Gasteiger partial charge in [0.2, 0.25) is 5.91 Å². The van der Waals surface area contributed by atoms with Gasteiger partial charge in [-0.05, 0) is 30.9 Å². The number of pyridine rings is 1. The average Bonchev–Trinajstić information content (AvgIpc) is 3.02. The number of hydrogen-bond donors (Lipinski definition) is 1. The van der Waals surface area contributed by atoms with Crippen molar-refractivity contribution in [2.75, 3.05) is 5.32 Å². The van der Waals surface area contributed by atoms with Crippen molar-refractivity contribution in [1.29, 1.82) is 0 Å². The average molecular weight is 364 g/mol. The second-order valence-corrected chi connectivity index (χ2v) is 9.37.